The largest absolute Gasteiger partial charge is 0.326 e. The number of anilines is 1. The van der Waals surface area contributed by atoms with Crippen LogP contribution in [0.5, 0.6) is 0 Å². The Balaban J connectivity index is 1.25. The zero-order valence-corrected chi connectivity index (χ0v) is 15.1. The minimum atomic E-state index is -0.252. The second-order valence-electron chi connectivity index (χ2n) is 6.79. The van der Waals surface area contributed by atoms with Crippen molar-refractivity contribution in [3.8, 4) is 11.3 Å². The Morgan fingerprint density at radius 3 is 2.67 bits per heavy atom. The van der Waals surface area contributed by atoms with E-state index in [9.17, 15) is 9.18 Å². The lowest BCUT2D eigenvalue weighted by atomic mass is 10.1. The summed E-state index contributed by atoms with van der Waals surface area (Å²) in [4.78, 5) is 18.0. The molecule has 2 aromatic heterocycles. The molecule has 27 heavy (non-hydrogen) atoms. The SMILES string of the molecule is O=C(Nc1ccc(-c2cn3ccsc3n2)cc1)C1CC1c1ccc(F)cc1. The molecule has 2 aromatic carbocycles. The van der Waals surface area contributed by atoms with Crippen LogP contribution >= 0.6 is 11.3 Å². The summed E-state index contributed by atoms with van der Waals surface area (Å²) in [6.45, 7) is 0. The molecule has 4 aromatic rings. The van der Waals surface area contributed by atoms with Crippen molar-refractivity contribution in [3.05, 3.63) is 77.7 Å². The summed E-state index contributed by atoms with van der Waals surface area (Å²) in [5.41, 5.74) is 3.72. The summed E-state index contributed by atoms with van der Waals surface area (Å²) in [7, 11) is 0. The molecule has 2 heterocycles. The molecule has 1 fully saturated rings. The van der Waals surface area contributed by atoms with Gasteiger partial charge < -0.3 is 5.32 Å². The third-order valence-corrected chi connectivity index (χ3v) is 5.74. The van der Waals surface area contributed by atoms with E-state index in [1.54, 1.807) is 23.5 Å². The second-order valence-corrected chi connectivity index (χ2v) is 7.66. The molecule has 0 bridgehead atoms. The summed E-state index contributed by atoms with van der Waals surface area (Å²) < 4.78 is 15.0. The average molecular weight is 377 g/mol. The Kier molecular flexibility index (Phi) is 3.79. The van der Waals surface area contributed by atoms with Crippen LogP contribution in [0.4, 0.5) is 10.1 Å². The molecule has 1 amide bonds. The van der Waals surface area contributed by atoms with Crippen molar-refractivity contribution in [2.24, 2.45) is 5.92 Å². The molecule has 4 nitrogen and oxygen atoms in total. The number of nitrogens with zero attached hydrogens (tertiary/aromatic N) is 2. The molecule has 1 aliphatic carbocycles. The first-order valence-corrected chi connectivity index (χ1v) is 9.64. The number of amides is 1. The van der Waals surface area contributed by atoms with Gasteiger partial charge in [0.2, 0.25) is 5.91 Å². The van der Waals surface area contributed by atoms with Gasteiger partial charge in [-0.15, -0.1) is 11.3 Å². The van der Waals surface area contributed by atoms with E-state index in [0.29, 0.717) is 0 Å². The van der Waals surface area contributed by atoms with Crippen molar-refractivity contribution in [1.82, 2.24) is 9.38 Å². The van der Waals surface area contributed by atoms with Gasteiger partial charge in [-0.2, -0.15) is 0 Å². The highest BCUT2D eigenvalue weighted by Gasteiger charge is 2.43. The van der Waals surface area contributed by atoms with Gasteiger partial charge in [0.1, 0.15) is 5.82 Å². The number of carbonyl (C=O) groups is 1. The number of aromatic nitrogens is 2. The van der Waals surface area contributed by atoms with Gasteiger partial charge in [0, 0.05) is 34.9 Å². The van der Waals surface area contributed by atoms with E-state index >= 15 is 0 Å². The van der Waals surface area contributed by atoms with Crippen LogP contribution in [-0.4, -0.2) is 15.3 Å². The van der Waals surface area contributed by atoms with E-state index in [4.69, 9.17) is 0 Å². The predicted octanol–water partition coefficient (Wildman–Crippen LogP) is 4.94. The number of benzene rings is 2. The topological polar surface area (TPSA) is 46.4 Å². The van der Waals surface area contributed by atoms with Gasteiger partial charge in [0.25, 0.3) is 0 Å². The smallest absolute Gasteiger partial charge is 0.228 e. The predicted molar refractivity (Wildman–Crippen MR) is 104 cm³/mol. The maximum atomic E-state index is 13.0. The summed E-state index contributed by atoms with van der Waals surface area (Å²) in [5, 5.41) is 4.98. The van der Waals surface area contributed by atoms with Crippen molar-refractivity contribution in [3.63, 3.8) is 0 Å². The third-order valence-electron chi connectivity index (χ3n) is 4.97. The van der Waals surface area contributed by atoms with Crippen LogP contribution in [0.25, 0.3) is 16.2 Å². The number of carbonyl (C=O) groups excluding carboxylic acids is 1. The molecular weight excluding hydrogens is 361 g/mol. The van der Waals surface area contributed by atoms with Crippen LogP contribution in [-0.2, 0) is 4.79 Å². The molecule has 2 atom stereocenters. The summed E-state index contributed by atoms with van der Waals surface area (Å²) in [6.07, 6.45) is 4.79. The van der Waals surface area contributed by atoms with E-state index in [-0.39, 0.29) is 23.6 Å². The molecule has 5 rings (SSSR count). The zero-order chi connectivity index (χ0) is 18.4. The lowest BCUT2D eigenvalue weighted by Crippen LogP contribution is -2.14. The van der Waals surface area contributed by atoms with E-state index in [1.165, 1.54) is 12.1 Å². The number of hydrogen-bond donors (Lipinski definition) is 1. The number of rotatable bonds is 4. The summed E-state index contributed by atoms with van der Waals surface area (Å²) >= 11 is 1.60. The number of nitrogens with one attached hydrogen (secondary N) is 1. The van der Waals surface area contributed by atoms with Gasteiger partial charge in [0.05, 0.1) is 5.69 Å². The van der Waals surface area contributed by atoms with Gasteiger partial charge in [-0.1, -0.05) is 24.3 Å². The first kappa shape index (κ1) is 16.2. The second kappa shape index (κ2) is 6.32. The normalized spacial score (nSPS) is 18.6. The number of halogens is 1. The van der Waals surface area contributed by atoms with E-state index in [1.807, 2.05) is 46.4 Å². The molecule has 6 heteroatoms. The molecule has 2 unspecified atom stereocenters. The summed E-state index contributed by atoms with van der Waals surface area (Å²) in [5.74, 6) is -0.101. The standard InChI is InChI=1S/C21H16FN3OS/c22-15-5-1-13(2-6-15)17-11-18(17)20(26)23-16-7-3-14(4-8-16)19-12-25-9-10-27-21(25)24-19/h1-10,12,17-18H,11H2,(H,23,26). The monoisotopic (exact) mass is 377 g/mol. The molecule has 134 valence electrons. The molecule has 1 N–H and O–H groups in total. The highest BCUT2D eigenvalue weighted by molar-refractivity contribution is 7.15. The van der Waals surface area contributed by atoms with Crippen molar-refractivity contribution < 1.29 is 9.18 Å². The van der Waals surface area contributed by atoms with E-state index in [0.717, 1.165) is 33.9 Å². The minimum Gasteiger partial charge on any atom is -0.326 e. The molecule has 0 saturated heterocycles. The van der Waals surface area contributed by atoms with Crippen LogP contribution in [0, 0.1) is 11.7 Å². The number of imidazole rings is 1. The molecule has 0 spiro atoms. The first-order valence-electron chi connectivity index (χ1n) is 8.76. The fourth-order valence-electron chi connectivity index (χ4n) is 3.39. The van der Waals surface area contributed by atoms with Gasteiger partial charge in [0.15, 0.2) is 4.96 Å². The number of fused-ring (bicyclic) bond motifs is 1. The Morgan fingerprint density at radius 2 is 1.93 bits per heavy atom. The van der Waals surface area contributed by atoms with Crippen molar-refractivity contribution in [2.45, 2.75) is 12.3 Å². The lowest BCUT2D eigenvalue weighted by molar-refractivity contribution is -0.117. The Labute approximate surface area is 159 Å². The fraction of sp³-hybridized carbons (Fsp3) is 0.143. The van der Waals surface area contributed by atoms with Crippen LogP contribution in [0.2, 0.25) is 0 Å². The van der Waals surface area contributed by atoms with E-state index < -0.39 is 0 Å². The third kappa shape index (κ3) is 3.13. The van der Waals surface area contributed by atoms with Crippen LogP contribution < -0.4 is 5.32 Å². The van der Waals surface area contributed by atoms with Gasteiger partial charge in [-0.05, 0) is 42.2 Å². The van der Waals surface area contributed by atoms with Crippen LogP contribution in [0.1, 0.15) is 17.9 Å². The molecule has 1 saturated carbocycles. The summed E-state index contributed by atoms with van der Waals surface area (Å²) in [6, 6.07) is 14.1. The quantitative estimate of drug-likeness (QED) is 0.547. The van der Waals surface area contributed by atoms with Gasteiger partial charge >= 0.3 is 0 Å². The van der Waals surface area contributed by atoms with Gasteiger partial charge in [-0.25, -0.2) is 9.37 Å². The maximum absolute atomic E-state index is 13.0. The number of hydrogen-bond acceptors (Lipinski definition) is 3. The highest BCUT2D eigenvalue weighted by atomic mass is 32.1. The minimum absolute atomic E-state index is 0.0135. The van der Waals surface area contributed by atoms with Gasteiger partial charge in [-0.3, -0.25) is 9.20 Å². The Morgan fingerprint density at radius 1 is 1.15 bits per heavy atom. The molecule has 0 aliphatic heterocycles. The Hall–Kier alpha value is -2.99. The Bertz CT molecular complexity index is 1090. The molecule has 1 aliphatic rings. The molecule has 0 radical (unpaired) electrons. The lowest BCUT2D eigenvalue weighted by Gasteiger charge is -2.06. The molecular formula is C21H16FN3OS. The van der Waals surface area contributed by atoms with E-state index in [2.05, 4.69) is 10.3 Å². The zero-order valence-electron chi connectivity index (χ0n) is 14.3. The first-order chi connectivity index (χ1) is 13.2. The van der Waals surface area contributed by atoms with Crippen LogP contribution in [0.15, 0.2) is 66.3 Å². The highest BCUT2D eigenvalue weighted by Crippen LogP contribution is 2.48. The van der Waals surface area contributed by atoms with Crippen LogP contribution in [0.3, 0.4) is 0 Å². The van der Waals surface area contributed by atoms with Crippen molar-refractivity contribution in [1.29, 1.82) is 0 Å². The maximum Gasteiger partial charge on any atom is 0.228 e. The van der Waals surface area contributed by atoms with Crippen molar-refractivity contribution >= 4 is 27.9 Å². The fourth-order valence-corrected chi connectivity index (χ4v) is 4.09. The number of thiazole rings is 1. The average Bonchev–Trinajstić information content (AvgIpc) is 3.19. The van der Waals surface area contributed by atoms with Crippen molar-refractivity contribution in [2.75, 3.05) is 5.32 Å².